The Kier molecular flexibility index (Phi) is 5.11. The highest BCUT2D eigenvalue weighted by Gasteiger charge is 2.14. The minimum absolute atomic E-state index is 0.359. The Labute approximate surface area is 134 Å². The van der Waals surface area contributed by atoms with Gasteiger partial charge in [0.1, 0.15) is 5.82 Å². The van der Waals surface area contributed by atoms with Crippen molar-refractivity contribution in [1.82, 2.24) is 0 Å². The molecule has 2 aromatic carbocycles. The van der Waals surface area contributed by atoms with Crippen molar-refractivity contribution in [3.05, 3.63) is 64.5 Å². The van der Waals surface area contributed by atoms with Crippen LogP contribution in [0.1, 0.15) is 27.0 Å². The first-order chi connectivity index (χ1) is 10.9. The maximum absolute atomic E-state index is 13.2. The van der Waals surface area contributed by atoms with Crippen LogP contribution in [0, 0.1) is 26.6 Å². The number of amides is 1. The summed E-state index contributed by atoms with van der Waals surface area (Å²) < 4.78 is 18.2. The van der Waals surface area contributed by atoms with Gasteiger partial charge in [0.2, 0.25) is 0 Å². The molecule has 120 valence electrons. The molecular formula is C18H18FNO3. The molecule has 2 aromatic rings. The van der Waals surface area contributed by atoms with Gasteiger partial charge in [-0.05, 0) is 55.7 Å². The first kappa shape index (κ1) is 16.7. The predicted octanol–water partition coefficient (Wildman–Crippen LogP) is 3.55. The van der Waals surface area contributed by atoms with Gasteiger partial charge in [-0.25, -0.2) is 9.18 Å². The number of halogens is 1. The zero-order chi connectivity index (χ0) is 17.0. The number of esters is 1. The van der Waals surface area contributed by atoms with Crippen LogP contribution >= 0.6 is 0 Å². The number of anilines is 1. The lowest BCUT2D eigenvalue weighted by Gasteiger charge is -2.10. The summed E-state index contributed by atoms with van der Waals surface area (Å²) in [5.41, 5.74) is 3.30. The topological polar surface area (TPSA) is 55.4 Å². The number of rotatable bonds is 4. The van der Waals surface area contributed by atoms with E-state index >= 15 is 0 Å². The largest absolute Gasteiger partial charge is 0.452 e. The fourth-order valence-electron chi connectivity index (χ4n) is 2.10. The first-order valence-corrected chi connectivity index (χ1v) is 7.18. The fourth-order valence-corrected chi connectivity index (χ4v) is 2.10. The summed E-state index contributed by atoms with van der Waals surface area (Å²) in [6.07, 6.45) is 0. The van der Waals surface area contributed by atoms with Crippen LogP contribution < -0.4 is 5.32 Å². The van der Waals surface area contributed by atoms with Crippen molar-refractivity contribution >= 4 is 17.6 Å². The van der Waals surface area contributed by atoms with E-state index in [1.807, 2.05) is 19.9 Å². The van der Waals surface area contributed by atoms with Gasteiger partial charge in [0, 0.05) is 5.69 Å². The van der Waals surface area contributed by atoms with E-state index in [2.05, 4.69) is 5.32 Å². The summed E-state index contributed by atoms with van der Waals surface area (Å²) in [5, 5.41) is 2.53. The van der Waals surface area contributed by atoms with Crippen LogP contribution in [0.15, 0.2) is 36.4 Å². The van der Waals surface area contributed by atoms with E-state index in [0.29, 0.717) is 11.3 Å². The van der Waals surface area contributed by atoms with Gasteiger partial charge in [-0.1, -0.05) is 18.2 Å². The molecular weight excluding hydrogens is 297 g/mol. The summed E-state index contributed by atoms with van der Waals surface area (Å²) in [7, 11) is 0. The van der Waals surface area contributed by atoms with Crippen molar-refractivity contribution < 1.29 is 18.7 Å². The summed E-state index contributed by atoms with van der Waals surface area (Å²) in [4.78, 5) is 23.9. The number of hydrogen-bond acceptors (Lipinski definition) is 3. The van der Waals surface area contributed by atoms with Gasteiger partial charge in [0.15, 0.2) is 6.61 Å². The molecule has 0 heterocycles. The molecule has 0 aliphatic rings. The molecule has 5 heteroatoms. The summed E-state index contributed by atoms with van der Waals surface area (Å²) in [6.45, 7) is 5.03. The SMILES string of the molecule is Cc1ccc(F)cc1NC(=O)COC(=O)c1cccc(C)c1C. The lowest BCUT2D eigenvalue weighted by molar-refractivity contribution is -0.119. The molecule has 0 radical (unpaired) electrons. The molecule has 23 heavy (non-hydrogen) atoms. The molecule has 0 spiro atoms. The van der Waals surface area contributed by atoms with Gasteiger partial charge in [0.05, 0.1) is 5.56 Å². The molecule has 1 N–H and O–H groups in total. The Hall–Kier alpha value is -2.69. The van der Waals surface area contributed by atoms with Crippen molar-refractivity contribution in [2.45, 2.75) is 20.8 Å². The zero-order valence-electron chi connectivity index (χ0n) is 13.3. The first-order valence-electron chi connectivity index (χ1n) is 7.18. The minimum atomic E-state index is -0.558. The van der Waals surface area contributed by atoms with Crippen LogP contribution in [0.5, 0.6) is 0 Å². The van der Waals surface area contributed by atoms with Crippen molar-refractivity contribution in [3.8, 4) is 0 Å². The van der Waals surface area contributed by atoms with Gasteiger partial charge in [-0.15, -0.1) is 0 Å². The fraction of sp³-hybridized carbons (Fsp3) is 0.222. The standard InChI is InChI=1S/C18H18FNO3/c1-11-5-4-6-15(13(11)3)18(22)23-10-17(21)20-16-9-14(19)8-7-12(16)2/h4-9H,10H2,1-3H3,(H,20,21). The highest BCUT2D eigenvalue weighted by atomic mass is 19.1. The third kappa shape index (κ3) is 4.16. The van der Waals surface area contributed by atoms with Crippen LogP contribution in [0.25, 0.3) is 0 Å². The van der Waals surface area contributed by atoms with Crippen LogP contribution in [-0.2, 0) is 9.53 Å². The quantitative estimate of drug-likeness (QED) is 0.878. The smallest absolute Gasteiger partial charge is 0.338 e. The predicted molar refractivity (Wildman–Crippen MR) is 86.0 cm³/mol. The molecule has 0 bridgehead atoms. The van der Waals surface area contributed by atoms with Gasteiger partial charge < -0.3 is 10.1 Å². The highest BCUT2D eigenvalue weighted by molar-refractivity contribution is 5.96. The average Bonchev–Trinajstić information content (AvgIpc) is 2.51. The lowest BCUT2D eigenvalue weighted by Crippen LogP contribution is -2.21. The average molecular weight is 315 g/mol. The van der Waals surface area contributed by atoms with Crippen LogP contribution in [0.3, 0.4) is 0 Å². The van der Waals surface area contributed by atoms with E-state index in [9.17, 15) is 14.0 Å². The minimum Gasteiger partial charge on any atom is -0.452 e. The molecule has 4 nitrogen and oxygen atoms in total. The number of benzene rings is 2. The second-order valence-electron chi connectivity index (χ2n) is 5.33. The van der Waals surface area contributed by atoms with Crippen molar-refractivity contribution in [3.63, 3.8) is 0 Å². The molecule has 0 saturated heterocycles. The second-order valence-corrected chi connectivity index (χ2v) is 5.33. The van der Waals surface area contributed by atoms with E-state index in [4.69, 9.17) is 4.74 Å². The third-order valence-corrected chi connectivity index (χ3v) is 3.63. The van der Waals surface area contributed by atoms with E-state index in [0.717, 1.165) is 16.7 Å². The van der Waals surface area contributed by atoms with Crippen molar-refractivity contribution in [2.75, 3.05) is 11.9 Å². The van der Waals surface area contributed by atoms with Crippen molar-refractivity contribution in [1.29, 1.82) is 0 Å². The number of carbonyl (C=O) groups is 2. The zero-order valence-corrected chi connectivity index (χ0v) is 13.3. The Balaban J connectivity index is 1.98. The highest BCUT2D eigenvalue weighted by Crippen LogP contribution is 2.16. The number of aryl methyl sites for hydroxylation is 2. The maximum atomic E-state index is 13.2. The third-order valence-electron chi connectivity index (χ3n) is 3.63. The summed E-state index contributed by atoms with van der Waals surface area (Å²) in [6, 6.07) is 9.40. The van der Waals surface area contributed by atoms with Crippen LogP contribution in [0.2, 0.25) is 0 Å². The molecule has 0 aliphatic carbocycles. The Morgan fingerprint density at radius 2 is 1.83 bits per heavy atom. The van der Waals surface area contributed by atoms with Crippen molar-refractivity contribution in [2.24, 2.45) is 0 Å². The van der Waals surface area contributed by atoms with E-state index in [1.165, 1.54) is 12.1 Å². The van der Waals surface area contributed by atoms with Crippen LogP contribution in [0.4, 0.5) is 10.1 Å². The molecule has 0 saturated carbocycles. The van der Waals surface area contributed by atoms with Gasteiger partial charge in [-0.3, -0.25) is 4.79 Å². The number of carbonyl (C=O) groups excluding carboxylic acids is 2. The lowest BCUT2D eigenvalue weighted by atomic mass is 10.0. The summed E-state index contributed by atoms with van der Waals surface area (Å²) in [5.74, 6) is -1.52. The Morgan fingerprint density at radius 1 is 1.09 bits per heavy atom. The van der Waals surface area contributed by atoms with E-state index in [-0.39, 0.29) is 0 Å². The van der Waals surface area contributed by atoms with E-state index in [1.54, 1.807) is 25.1 Å². The summed E-state index contributed by atoms with van der Waals surface area (Å²) >= 11 is 0. The van der Waals surface area contributed by atoms with E-state index < -0.39 is 24.3 Å². The van der Waals surface area contributed by atoms with Gasteiger partial charge in [-0.2, -0.15) is 0 Å². The molecule has 0 fully saturated rings. The molecule has 0 atom stereocenters. The second kappa shape index (κ2) is 7.05. The molecule has 1 amide bonds. The van der Waals surface area contributed by atoms with Gasteiger partial charge >= 0.3 is 5.97 Å². The maximum Gasteiger partial charge on any atom is 0.338 e. The normalized spacial score (nSPS) is 10.3. The number of nitrogens with one attached hydrogen (secondary N) is 1. The number of hydrogen-bond donors (Lipinski definition) is 1. The van der Waals surface area contributed by atoms with Gasteiger partial charge in [0.25, 0.3) is 5.91 Å². The molecule has 0 aromatic heterocycles. The molecule has 2 rings (SSSR count). The monoisotopic (exact) mass is 315 g/mol. The molecule has 0 unspecified atom stereocenters. The number of ether oxygens (including phenoxy) is 1. The molecule has 0 aliphatic heterocycles. The Morgan fingerprint density at radius 3 is 2.57 bits per heavy atom. The Bertz CT molecular complexity index is 756. The van der Waals surface area contributed by atoms with Crippen LogP contribution in [-0.4, -0.2) is 18.5 Å².